The smallest absolute Gasteiger partial charge is 0.223 e. The van der Waals surface area contributed by atoms with Gasteiger partial charge in [-0.25, -0.2) is 4.39 Å². The Labute approximate surface area is 119 Å². The highest BCUT2D eigenvalue weighted by atomic mass is 19.1. The minimum absolute atomic E-state index is 0.00770. The van der Waals surface area contributed by atoms with E-state index in [2.05, 4.69) is 19.2 Å². The predicted octanol–water partition coefficient (Wildman–Crippen LogP) is 2.08. The predicted molar refractivity (Wildman–Crippen MR) is 77.0 cm³/mol. The van der Waals surface area contributed by atoms with Crippen molar-refractivity contribution in [2.75, 3.05) is 13.2 Å². The van der Waals surface area contributed by atoms with E-state index in [1.165, 1.54) is 24.3 Å². The Balaban J connectivity index is 2.27. The van der Waals surface area contributed by atoms with E-state index in [-0.39, 0.29) is 30.8 Å². The second kappa shape index (κ2) is 8.53. The molecule has 0 heterocycles. The molecule has 5 heteroatoms. The summed E-state index contributed by atoms with van der Waals surface area (Å²) in [5, 5.41) is 2.89. The third kappa shape index (κ3) is 6.52. The topological polar surface area (TPSA) is 64.3 Å². The van der Waals surface area contributed by atoms with Gasteiger partial charge in [-0.2, -0.15) is 0 Å². The molecular formula is C15H23FN2O2. The van der Waals surface area contributed by atoms with Gasteiger partial charge in [0.1, 0.15) is 11.6 Å². The maximum Gasteiger partial charge on any atom is 0.223 e. The van der Waals surface area contributed by atoms with Crippen molar-refractivity contribution < 1.29 is 13.9 Å². The summed E-state index contributed by atoms with van der Waals surface area (Å²) in [7, 11) is 0. The van der Waals surface area contributed by atoms with Crippen LogP contribution in [-0.4, -0.2) is 25.1 Å². The Morgan fingerprint density at radius 1 is 1.35 bits per heavy atom. The lowest BCUT2D eigenvalue weighted by molar-refractivity contribution is -0.122. The van der Waals surface area contributed by atoms with Crippen molar-refractivity contribution >= 4 is 5.91 Å². The zero-order valence-electron chi connectivity index (χ0n) is 12.1. The minimum atomic E-state index is -0.311. The number of benzene rings is 1. The number of nitrogens with one attached hydrogen (secondary N) is 1. The number of carbonyl (C=O) groups is 1. The second-order valence-corrected chi connectivity index (χ2v) is 5.18. The van der Waals surface area contributed by atoms with E-state index in [0.29, 0.717) is 18.2 Å². The van der Waals surface area contributed by atoms with Gasteiger partial charge in [-0.05, 0) is 36.6 Å². The molecule has 20 heavy (non-hydrogen) atoms. The van der Waals surface area contributed by atoms with Gasteiger partial charge in [0.2, 0.25) is 5.91 Å². The van der Waals surface area contributed by atoms with E-state index >= 15 is 0 Å². The van der Waals surface area contributed by atoms with Crippen LogP contribution in [0.3, 0.4) is 0 Å². The lowest BCUT2D eigenvalue weighted by Gasteiger charge is -2.18. The molecule has 0 aliphatic heterocycles. The van der Waals surface area contributed by atoms with Crippen LogP contribution in [0.1, 0.15) is 26.7 Å². The first-order valence-corrected chi connectivity index (χ1v) is 6.89. The van der Waals surface area contributed by atoms with Crippen molar-refractivity contribution in [1.29, 1.82) is 0 Å². The molecule has 1 unspecified atom stereocenters. The fraction of sp³-hybridized carbons (Fsp3) is 0.533. The zero-order valence-corrected chi connectivity index (χ0v) is 12.1. The molecule has 0 aliphatic rings. The third-order valence-electron chi connectivity index (χ3n) is 2.82. The minimum Gasteiger partial charge on any atom is -0.493 e. The van der Waals surface area contributed by atoms with Crippen molar-refractivity contribution in [3.63, 3.8) is 0 Å². The van der Waals surface area contributed by atoms with E-state index in [4.69, 9.17) is 10.5 Å². The number of hydrogen-bond donors (Lipinski definition) is 2. The number of hydrogen-bond acceptors (Lipinski definition) is 3. The van der Waals surface area contributed by atoms with Crippen molar-refractivity contribution in [3.8, 4) is 5.75 Å². The molecule has 4 nitrogen and oxygen atoms in total. The third-order valence-corrected chi connectivity index (χ3v) is 2.82. The van der Waals surface area contributed by atoms with Gasteiger partial charge >= 0.3 is 0 Å². The molecule has 1 aromatic rings. The summed E-state index contributed by atoms with van der Waals surface area (Å²) in [5.41, 5.74) is 5.62. The molecular weight excluding hydrogens is 259 g/mol. The van der Waals surface area contributed by atoms with E-state index in [1.807, 2.05) is 0 Å². The molecule has 0 radical (unpaired) electrons. The van der Waals surface area contributed by atoms with Crippen LogP contribution in [0.5, 0.6) is 5.75 Å². The summed E-state index contributed by atoms with van der Waals surface area (Å²) in [4.78, 5) is 11.7. The molecule has 0 spiro atoms. The summed E-state index contributed by atoms with van der Waals surface area (Å²) in [6.07, 6.45) is 1.12. The summed E-state index contributed by atoms with van der Waals surface area (Å²) in [5.74, 6) is 0.647. The largest absolute Gasteiger partial charge is 0.493 e. The maximum absolute atomic E-state index is 12.7. The molecule has 0 saturated heterocycles. The fourth-order valence-electron chi connectivity index (χ4n) is 1.88. The maximum atomic E-state index is 12.7. The summed E-state index contributed by atoms with van der Waals surface area (Å²) in [6.45, 7) is 4.87. The first-order chi connectivity index (χ1) is 9.51. The molecule has 3 N–H and O–H groups in total. The number of nitrogens with two attached hydrogens (primary N) is 1. The normalized spacial score (nSPS) is 12.2. The number of ether oxygens (including phenoxy) is 1. The Kier molecular flexibility index (Phi) is 7.01. The van der Waals surface area contributed by atoms with Gasteiger partial charge in [-0.3, -0.25) is 4.79 Å². The van der Waals surface area contributed by atoms with Crippen LogP contribution in [0.15, 0.2) is 24.3 Å². The number of carbonyl (C=O) groups excluding carboxylic acids is 1. The molecule has 0 fully saturated rings. The lowest BCUT2D eigenvalue weighted by atomic mass is 10.0. The highest BCUT2D eigenvalue weighted by Gasteiger charge is 2.12. The van der Waals surface area contributed by atoms with Crippen LogP contribution in [0.4, 0.5) is 4.39 Å². The van der Waals surface area contributed by atoms with Crippen molar-refractivity contribution in [2.24, 2.45) is 11.7 Å². The van der Waals surface area contributed by atoms with E-state index in [9.17, 15) is 9.18 Å². The van der Waals surface area contributed by atoms with Gasteiger partial charge in [0.25, 0.3) is 0 Å². The molecule has 1 rings (SSSR count). The molecule has 0 aromatic heterocycles. The standard InChI is InChI=1S/C15H23FN2O2/c1-11(2)9-13(10-17)18-15(19)7-8-20-14-5-3-12(16)4-6-14/h3-6,11,13H,7-10,17H2,1-2H3,(H,18,19). The van der Waals surface area contributed by atoms with E-state index in [1.54, 1.807) is 0 Å². The molecule has 1 atom stereocenters. The molecule has 0 aliphatic carbocycles. The van der Waals surface area contributed by atoms with Crippen molar-refractivity contribution in [1.82, 2.24) is 5.32 Å². The van der Waals surface area contributed by atoms with Crippen LogP contribution in [-0.2, 0) is 4.79 Å². The van der Waals surface area contributed by atoms with E-state index in [0.717, 1.165) is 6.42 Å². The Morgan fingerprint density at radius 2 is 2.00 bits per heavy atom. The average Bonchev–Trinajstić information content (AvgIpc) is 2.39. The van der Waals surface area contributed by atoms with Gasteiger partial charge in [-0.15, -0.1) is 0 Å². The highest BCUT2D eigenvalue weighted by Crippen LogP contribution is 2.11. The van der Waals surface area contributed by atoms with Crippen LogP contribution in [0.2, 0.25) is 0 Å². The fourth-order valence-corrected chi connectivity index (χ4v) is 1.88. The van der Waals surface area contributed by atoms with E-state index < -0.39 is 0 Å². The monoisotopic (exact) mass is 282 g/mol. The second-order valence-electron chi connectivity index (χ2n) is 5.18. The quantitative estimate of drug-likeness (QED) is 0.767. The first kappa shape index (κ1) is 16.4. The van der Waals surface area contributed by atoms with Gasteiger partial charge in [-0.1, -0.05) is 13.8 Å². The Bertz CT molecular complexity index is 407. The van der Waals surface area contributed by atoms with Crippen LogP contribution in [0.25, 0.3) is 0 Å². The van der Waals surface area contributed by atoms with Crippen LogP contribution >= 0.6 is 0 Å². The Hall–Kier alpha value is -1.62. The molecule has 0 saturated carbocycles. The van der Waals surface area contributed by atoms with Crippen molar-refractivity contribution in [2.45, 2.75) is 32.7 Å². The number of halogens is 1. The number of rotatable bonds is 8. The van der Waals surface area contributed by atoms with Gasteiger partial charge in [0, 0.05) is 12.6 Å². The lowest BCUT2D eigenvalue weighted by Crippen LogP contribution is -2.41. The Morgan fingerprint density at radius 3 is 2.55 bits per heavy atom. The van der Waals surface area contributed by atoms with Gasteiger partial charge < -0.3 is 15.8 Å². The molecule has 0 bridgehead atoms. The summed E-state index contributed by atoms with van der Waals surface area (Å²) < 4.78 is 18.1. The molecule has 1 aromatic carbocycles. The summed E-state index contributed by atoms with van der Waals surface area (Å²) in [6, 6.07) is 5.72. The van der Waals surface area contributed by atoms with Gasteiger partial charge in [0.15, 0.2) is 0 Å². The highest BCUT2D eigenvalue weighted by molar-refractivity contribution is 5.76. The first-order valence-electron chi connectivity index (χ1n) is 6.89. The molecule has 112 valence electrons. The zero-order chi connectivity index (χ0) is 15.0. The van der Waals surface area contributed by atoms with Crippen molar-refractivity contribution in [3.05, 3.63) is 30.1 Å². The average molecular weight is 282 g/mol. The SMILES string of the molecule is CC(C)CC(CN)NC(=O)CCOc1ccc(F)cc1. The van der Waals surface area contributed by atoms with Gasteiger partial charge in [0.05, 0.1) is 13.0 Å². The summed E-state index contributed by atoms with van der Waals surface area (Å²) >= 11 is 0. The van der Waals surface area contributed by atoms with Crippen LogP contribution < -0.4 is 15.8 Å². The molecule has 1 amide bonds. The van der Waals surface area contributed by atoms with Crippen LogP contribution in [0, 0.1) is 11.7 Å². The number of amides is 1.